The van der Waals surface area contributed by atoms with Crippen molar-refractivity contribution in [3.05, 3.63) is 35.7 Å². The maximum absolute atomic E-state index is 12.6. The van der Waals surface area contributed by atoms with Gasteiger partial charge < -0.3 is 9.42 Å². The van der Waals surface area contributed by atoms with E-state index in [1.165, 1.54) is 12.8 Å². The van der Waals surface area contributed by atoms with Crippen LogP contribution in [0.4, 0.5) is 13.2 Å². The van der Waals surface area contributed by atoms with E-state index in [-0.39, 0.29) is 18.3 Å². The van der Waals surface area contributed by atoms with Gasteiger partial charge in [-0.25, -0.2) is 0 Å². The largest absolute Gasteiger partial charge is 0.471 e. The van der Waals surface area contributed by atoms with E-state index in [0.717, 1.165) is 18.4 Å². The molecule has 3 rings (SSSR count). The van der Waals surface area contributed by atoms with Crippen LogP contribution in [0.1, 0.15) is 43.6 Å². The number of aromatic nitrogens is 2. The van der Waals surface area contributed by atoms with Crippen LogP contribution in [0, 0.1) is 18.3 Å². The van der Waals surface area contributed by atoms with Gasteiger partial charge in [0.15, 0.2) is 0 Å². The first-order valence-electron chi connectivity index (χ1n) is 9.08. The molecule has 1 amide bonds. The van der Waals surface area contributed by atoms with Crippen molar-refractivity contribution in [2.75, 3.05) is 6.54 Å². The molecular formula is C20H20F3N3O2. The van der Waals surface area contributed by atoms with E-state index in [2.05, 4.69) is 20.6 Å². The summed E-state index contributed by atoms with van der Waals surface area (Å²) < 4.78 is 41.9. The fourth-order valence-corrected chi connectivity index (χ4v) is 3.37. The molecule has 1 aromatic carbocycles. The normalized spacial score (nSPS) is 14.8. The number of halogens is 3. The first-order valence-corrected chi connectivity index (χ1v) is 9.08. The number of alkyl halides is 3. The molecule has 1 saturated carbocycles. The zero-order chi connectivity index (χ0) is 20.1. The van der Waals surface area contributed by atoms with Crippen LogP contribution in [0.25, 0.3) is 11.4 Å². The summed E-state index contributed by atoms with van der Waals surface area (Å²) in [4.78, 5) is 17.6. The van der Waals surface area contributed by atoms with E-state index < -0.39 is 12.1 Å². The van der Waals surface area contributed by atoms with E-state index in [1.807, 2.05) is 0 Å². The highest BCUT2D eigenvalue weighted by molar-refractivity contribution is 5.76. The van der Waals surface area contributed by atoms with Gasteiger partial charge in [0.2, 0.25) is 11.7 Å². The summed E-state index contributed by atoms with van der Waals surface area (Å²) in [6.07, 6.45) is 5.72. The van der Waals surface area contributed by atoms with Gasteiger partial charge in [0.1, 0.15) is 0 Å². The molecule has 1 aliphatic carbocycles. The average molecular weight is 391 g/mol. The lowest BCUT2D eigenvalue weighted by Gasteiger charge is -2.22. The monoisotopic (exact) mass is 391 g/mol. The Morgan fingerprint density at radius 3 is 2.50 bits per heavy atom. The zero-order valence-corrected chi connectivity index (χ0v) is 15.2. The number of hydrogen-bond donors (Lipinski definition) is 0. The van der Waals surface area contributed by atoms with Crippen LogP contribution in [0.3, 0.4) is 0 Å². The smallest absolute Gasteiger partial charge is 0.329 e. The lowest BCUT2D eigenvalue weighted by atomic mass is 10.0. The van der Waals surface area contributed by atoms with Crippen LogP contribution in [-0.4, -0.2) is 27.5 Å². The van der Waals surface area contributed by atoms with Gasteiger partial charge in [0.05, 0.1) is 6.54 Å². The Hall–Kier alpha value is -2.82. The molecule has 1 aliphatic rings. The molecule has 8 heteroatoms. The molecule has 0 unspecified atom stereocenters. The third-order valence-corrected chi connectivity index (χ3v) is 4.83. The molecular weight excluding hydrogens is 371 g/mol. The Morgan fingerprint density at radius 2 is 1.93 bits per heavy atom. The Balaban J connectivity index is 1.66. The molecule has 1 fully saturated rings. The Morgan fingerprint density at radius 1 is 1.25 bits per heavy atom. The summed E-state index contributed by atoms with van der Waals surface area (Å²) in [5.41, 5.74) is 1.21. The predicted molar refractivity (Wildman–Crippen MR) is 95.6 cm³/mol. The highest BCUT2D eigenvalue weighted by Gasteiger charge is 2.38. The molecule has 0 saturated heterocycles. The second-order valence-corrected chi connectivity index (χ2v) is 6.93. The standard InChI is InChI=1S/C20H20F3N3O2/c1-2-11-26(17(27)12-14-5-3-4-6-14)13-15-7-9-16(10-8-15)18-24-19(28-25-18)20(21,22)23/h1,7-10,14H,3-6,11-13H2. The van der Waals surface area contributed by atoms with Crippen molar-refractivity contribution in [3.63, 3.8) is 0 Å². The number of rotatable bonds is 6. The molecule has 0 aliphatic heterocycles. The Kier molecular flexibility index (Phi) is 6.02. The summed E-state index contributed by atoms with van der Waals surface area (Å²) >= 11 is 0. The number of terminal acetylenes is 1. The lowest BCUT2D eigenvalue weighted by molar-refractivity contribution is -0.159. The first kappa shape index (κ1) is 19.9. The number of nitrogens with zero attached hydrogens (tertiary/aromatic N) is 3. The Labute approximate surface area is 160 Å². The van der Waals surface area contributed by atoms with Crippen molar-refractivity contribution in [1.29, 1.82) is 0 Å². The van der Waals surface area contributed by atoms with Crippen LogP contribution in [0.2, 0.25) is 0 Å². The van der Waals surface area contributed by atoms with Crippen molar-refractivity contribution in [3.8, 4) is 23.7 Å². The zero-order valence-electron chi connectivity index (χ0n) is 15.2. The van der Waals surface area contributed by atoms with E-state index in [0.29, 0.717) is 24.4 Å². The fraction of sp³-hybridized carbons (Fsp3) is 0.450. The molecule has 1 heterocycles. The summed E-state index contributed by atoms with van der Waals surface area (Å²) in [6.45, 7) is 0.559. The van der Waals surface area contributed by atoms with Gasteiger partial charge in [0.25, 0.3) is 0 Å². The van der Waals surface area contributed by atoms with Gasteiger partial charge >= 0.3 is 12.1 Å². The van der Waals surface area contributed by atoms with Gasteiger partial charge in [-0.05, 0) is 24.3 Å². The molecule has 1 aromatic heterocycles. The van der Waals surface area contributed by atoms with Gasteiger partial charge in [0, 0.05) is 18.5 Å². The highest BCUT2D eigenvalue weighted by Crippen LogP contribution is 2.30. The second-order valence-electron chi connectivity index (χ2n) is 6.93. The van der Waals surface area contributed by atoms with E-state index >= 15 is 0 Å². The second kappa shape index (κ2) is 8.46. The highest BCUT2D eigenvalue weighted by atomic mass is 19.4. The predicted octanol–water partition coefficient (Wildman–Crippen LogP) is 4.30. The van der Waals surface area contributed by atoms with E-state index in [1.54, 1.807) is 29.2 Å². The third-order valence-electron chi connectivity index (χ3n) is 4.83. The minimum Gasteiger partial charge on any atom is -0.329 e. The van der Waals surface area contributed by atoms with Crippen LogP contribution in [-0.2, 0) is 17.5 Å². The summed E-state index contributed by atoms with van der Waals surface area (Å²) in [7, 11) is 0. The van der Waals surface area contributed by atoms with Crippen LogP contribution in [0.15, 0.2) is 28.8 Å². The fourth-order valence-electron chi connectivity index (χ4n) is 3.37. The maximum atomic E-state index is 12.6. The van der Waals surface area contributed by atoms with Gasteiger partial charge in [-0.15, -0.1) is 6.42 Å². The average Bonchev–Trinajstić information content (AvgIpc) is 3.33. The Bertz CT molecular complexity index is 847. The molecule has 0 spiro atoms. The van der Waals surface area contributed by atoms with Crippen LogP contribution < -0.4 is 0 Å². The molecule has 0 atom stereocenters. The molecule has 148 valence electrons. The number of carbonyl (C=O) groups is 1. The number of carbonyl (C=O) groups excluding carboxylic acids is 1. The minimum absolute atomic E-state index is 0.0295. The number of benzene rings is 1. The lowest BCUT2D eigenvalue weighted by Crippen LogP contribution is -2.32. The molecule has 0 bridgehead atoms. The molecule has 0 N–H and O–H groups in total. The van der Waals surface area contributed by atoms with Crippen molar-refractivity contribution in [1.82, 2.24) is 15.0 Å². The van der Waals surface area contributed by atoms with Crippen LogP contribution >= 0.6 is 0 Å². The molecule has 0 radical (unpaired) electrons. The van der Waals surface area contributed by atoms with Gasteiger partial charge in [-0.3, -0.25) is 4.79 Å². The van der Waals surface area contributed by atoms with E-state index in [9.17, 15) is 18.0 Å². The van der Waals surface area contributed by atoms with Gasteiger partial charge in [-0.2, -0.15) is 18.2 Å². The topological polar surface area (TPSA) is 59.2 Å². The third kappa shape index (κ3) is 4.91. The molecule has 2 aromatic rings. The summed E-state index contributed by atoms with van der Waals surface area (Å²) in [6, 6.07) is 6.61. The van der Waals surface area contributed by atoms with E-state index in [4.69, 9.17) is 6.42 Å². The quantitative estimate of drug-likeness (QED) is 0.689. The SMILES string of the molecule is C#CCN(Cc1ccc(-c2noc(C(F)(F)F)n2)cc1)C(=O)CC1CCCC1. The summed E-state index contributed by atoms with van der Waals surface area (Å²) in [5, 5.41) is 3.36. The minimum atomic E-state index is -4.68. The molecule has 28 heavy (non-hydrogen) atoms. The van der Waals surface area contributed by atoms with Crippen LogP contribution in [0.5, 0.6) is 0 Å². The maximum Gasteiger partial charge on any atom is 0.471 e. The van der Waals surface area contributed by atoms with Crippen molar-refractivity contribution >= 4 is 5.91 Å². The van der Waals surface area contributed by atoms with Gasteiger partial charge in [-0.1, -0.05) is 48.2 Å². The number of amides is 1. The van der Waals surface area contributed by atoms with Crippen molar-refractivity contribution in [2.24, 2.45) is 5.92 Å². The summed E-state index contributed by atoms with van der Waals surface area (Å²) in [5.74, 6) is 1.44. The van der Waals surface area contributed by atoms with Crippen molar-refractivity contribution < 1.29 is 22.5 Å². The first-order chi connectivity index (χ1) is 13.4. The molecule has 5 nitrogen and oxygen atoms in total. The number of hydrogen-bond acceptors (Lipinski definition) is 4. The van der Waals surface area contributed by atoms with Crippen molar-refractivity contribution in [2.45, 2.75) is 44.8 Å².